The number of halogens is 3. The molecule has 0 amide bonds. The van der Waals surface area contributed by atoms with Gasteiger partial charge in [0.05, 0.1) is 6.42 Å². The van der Waals surface area contributed by atoms with Crippen LogP contribution in [-0.4, -0.2) is 42.3 Å². The molecule has 0 aromatic heterocycles. The fraction of sp³-hybridized carbons (Fsp3) is 0.833. The minimum absolute atomic E-state index is 0.841. The number of carboxylic acid groups (broad SMARTS) is 1. The van der Waals surface area contributed by atoms with E-state index in [1.165, 1.54) is 14.1 Å². The van der Waals surface area contributed by atoms with Crippen LogP contribution in [0.3, 0.4) is 0 Å². The molecule has 0 aromatic carbocycles. The second kappa shape index (κ2) is 3.75. The van der Waals surface area contributed by atoms with Crippen LogP contribution in [0.1, 0.15) is 6.42 Å². The van der Waals surface area contributed by atoms with Gasteiger partial charge in [0.2, 0.25) is 0 Å². The molecule has 0 aromatic rings. The number of hydrogen-bond acceptors (Lipinski definition) is 2. The summed E-state index contributed by atoms with van der Waals surface area (Å²) >= 11 is 0. The highest BCUT2D eigenvalue weighted by Gasteiger charge is 2.42. The second-order valence-electron chi connectivity index (χ2n) is 2.62. The zero-order valence-electron chi connectivity index (χ0n) is 6.72. The van der Waals surface area contributed by atoms with Gasteiger partial charge >= 0.3 is 12.1 Å². The molecule has 1 N–H and O–H groups in total. The number of nitrogens with zero attached hydrogens (tertiary/aromatic N) is 1. The highest BCUT2D eigenvalue weighted by atomic mass is 19.4. The molecule has 0 rings (SSSR count). The third-order valence-electron chi connectivity index (χ3n) is 1.37. The van der Waals surface area contributed by atoms with Gasteiger partial charge in [-0.1, -0.05) is 0 Å². The van der Waals surface area contributed by atoms with Gasteiger partial charge in [-0.05, 0) is 14.1 Å². The fourth-order valence-corrected chi connectivity index (χ4v) is 0.756. The van der Waals surface area contributed by atoms with Gasteiger partial charge in [-0.25, -0.2) is 0 Å². The van der Waals surface area contributed by atoms with Gasteiger partial charge in [0.15, 0.2) is 0 Å². The molecule has 0 heterocycles. The van der Waals surface area contributed by atoms with Crippen molar-refractivity contribution in [2.24, 2.45) is 0 Å². The number of rotatable bonds is 3. The molecule has 0 saturated heterocycles. The largest absolute Gasteiger partial charge is 0.481 e. The van der Waals surface area contributed by atoms with E-state index in [4.69, 9.17) is 5.11 Å². The van der Waals surface area contributed by atoms with Crippen LogP contribution in [0.5, 0.6) is 0 Å². The molecule has 3 nitrogen and oxygen atoms in total. The van der Waals surface area contributed by atoms with Crippen LogP contribution in [0.15, 0.2) is 0 Å². The molecule has 0 aliphatic heterocycles. The first kappa shape index (κ1) is 11.2. The number of aliphatic carboxylic acids is 1. The van der Waals surface area contributed by atoms with Crippen LogP contribution < -0.4 is 0 Å². The summed E-state index contributed by atoms with van der Waals surface area (Å²) in [6, 6.07) is -1.91. The first-order chi connectivity index (χ1) is 5.25. The summed E-state index contributed by atoms with van der Waals surface area (Å²) in [6.07, 6.45) is -5.40. The van der Waals surface area contributed by atoms with Crippen LogP contribution in [0.2, 0.25) is 0 Å². The van der Waals surface area contributed by atoms with Gasteiger partial charge in [0.25, 0.3) is 0 Å². The van der Waals surface area contributed by atoms with Gasteiger partial charge in [-0.2, -0.15) is 13.2 Å². The minimum Gasteiger partial charge on any atom is -0.481 e. The van der Waals surface area contributed by atoms with Crippen LogP contribution in [0.4, 0.5) is 13.2 Å². The van der Waals surface area contributed by atoms with Crippen molar-refractivity contribution in [1.29, 1.82) is 0 Å². The van der Waals surface area contributed by atoms with E-state index >= 15 is 0 Å². The Labute approximate surface area is 67.8 Å². The van der Waals surface area contributed by atoms with Crippen molar-refractivity contribution in [3.63, 3.8) is 0 Å². The summed E-state index contributed by atoms with van der Waals surface area (Å²) in [6.45, 7) is 0. The van der Waals surface area contributed by atoms with Crippen molar-refractivity contribution in [2.75, 3.05) is 14.1 Å². The van der Waals surface area contributed by atoms with Gasteiger partial charge in [-0.15, -0.1) is 0 Å². The summed E-state index contributed by atoms with van der Waals surface area (Å²) in [5, 5.41) is 8.17. The molecule has 0 spiro atoms. The third-order valence-corrected chi connectivity index (χ3v) is 1.37. The Hall–Kier alpha value is -0.780. The number of hydrogen-bond donors (Lipinski definition) is 1. The predicted octanol–water partition coefficient (Wildman–Crippen LogP) is 0.954. The molecule has 0 aliphatic carbocycles. The van der Waals surface area contributed by atoms with Gasteiger partial charge in [-0.3, -0.25) is 9.69 Å². The number of carbonyl (C=O) groups is 1. The maximum absolute atomic E-state index is 12.0. The molecule has 12 heavy (non-hydrogen) atoms. The lowest BCUT2D eigenvalue weighted by Crippen LogP contribution is -2.42. The topological polar surface area (TPSA) is 40.5 Å². The maximum Gasteiger partial charge on any atom is 0.404 e. The Morgan fingerprint density at radius 3 is 2.00 bits per heavy atom. The molecular formula is C6H10F3NO2. The summed E-state index contributed by atoms with van der Waals surface area (Å²) in [5.74, 6) is -1.45. The van der Waals surface area contributed by atoms with E-state index < -0.39 is 24.6 Å². The summed E-state index contributed by atoms with van der Waals surface area (Å²) in [5.41, 5.74) is 0. The van der Waals surface area contributed by atoms with Crippen molar-refractivity contribution in [3.8, 4) is 0 Å². The predicted molar refractivity (Wildman–Crippen MR) is 35.8 cm³/mol. The van der Waals surface area contributed by atoms with E-state index in [-0.39, 0.29) is 0 Å². The quantitative estimate of drug-likeness (QED) is 0.711. The monoisotopic (exact) mass is 185 g/mol. The van der Waals surface area contributed by atoms with Crippen LogP contribution in [0.25, 0.3) is 0 Å². The van der Waals surface area contributed by atoms with E-state index in [1.54, 1.807) is 0 Å². The standard InChI is InChI=1S/C6H10F3NO2/c1-10(2)4(3-5(11)12)6(7,8)9/h4H,3H2,1-2H3,(H,11,12)/t4-/m1/s1. The average molecular weight is 185 g/mol. The molecule has 0 aliphatic rings. The zero-order valence-corrected chi connectivity index (χ0v) is 6.72. The van der Waals surface area contributed by atoms with Gasteiger partial charge in [0.1, 0.15) is 6.04 Å². The highest BCUT2D eigenvalue weighted by molar-refractivity contribution is 5.67. The van der Waals surface area contributed by atoms with Gasteiger partial charge < -0.3 is 5.11 Å². The number of alkyl halides is 3. The molecule has 0 saturated carbocycles. The Morgan fingerprint density at radius 2 is 1.92 bits per heavy atom. The van der Waals surface area contributed by atoms with Crippen molar-refractivity contribution < 1.29 is 23.1 Å². The smallest absolute Gasteiger partial charge is 0.404 e. The molecule has 0 unspecified atom stereocenters. The Balaban J connectivity index is 4.35. The van der Waals surface area contributed by atoms with E-state index in [0.717, 1.165) is 4.90 Å². The first-order valence-corrected chi connectivity index (χ1v) is 3.20. The van der Waals surface area contributed by atoms with Gasteiger partial charge in [0, 0.05) is 0 Å². The molecular weight excluding hydrogens is 175 g/mol. The summed E-state index contributed by atoms with van der Waals surface area (Å²) in [4.78, 5) is 10.9. The summed E-state index contributed by atoms with van der Waals surface area (Å²) in [7, 11) is 2.39. The molecule has 0 bridgehead atoms. The fourth-order valence-electron chi connectivity index (χ4n) is 0.756. The second-order valence-corrected chi connectivity index (χ2v) is 2.62. The third kappa shape index (κ3) is 3.56. The maximum atomic E-state index is 12.0. The molecule has 6 heteroatoms. The molecule has 72 valence electrons. The van der Waals surface area contributed by atoms with E-state index in [9.17, 15) is 18.0 Å². The van der Waals surface area contributed by atoms with E-state index in [0.29, 0.717) is 0 Å². The lowest BCUT2D eigenvalue weighted by Gasteiger charge is -2.24. The lowest BCUT2D eigenvalue weighted by atomic mass is 10.2. The van der Waals surface area contributed by atoms with Crippen LogP contribution >= 0.6 is 0 Å². The van der Waals surface area contributed by atoms with Crippen LogP contribution in [-0.2, 0) is 4.79 Å². The first-order valence-electron chi connectivity index (χ1n) is 3.20. The molecule has 0 radical (unpaired) electrons. The highest BCUT2D eigenvalue weighted by Crippen LogP contribution is 2.25. The zero-order chi connectivity index (χ0) is 9.94. The van der Waals surface area contributed by atoms with E-state index in [2.05, 4.69) is 0 Å². The lowest BCUT2D eigenvalue weighted by molar-refractivity contribution is -0.184. The molecule has 1 atom stereocenters. The van der Waals surface area contributed by atoms with Crippen molar-refractivity contribution in [3.05, 3.63) is 0 Å². The number of carboxylic acids is 1. The van der Waals surface area contributed by atoms with Crippen molar-refractivity contribution in [1.82, 2.24) is 4.90 Å². The van der Waals surface area contributed by atoms with Crippen molar-refractivity contribution >= 4 is 5.97 Å². The average Bonchev–Trinajstić information content (AvgIpc) is 1.79. The molecule has 0 fully saturated rings. The normalized spacial score (nSPS) is 14.8. The Morgan fingerprint density at radius 1 is 1.50 bits per heavy atom. The summed E-state index contributed by atoms with van der Waals surface area (Å²) < 4.78 is 36.1. The van der Waals surface area contributed by atoms with E-state index in [1.807, 2.05) is 0 Å². The Kier molecular flexibility index (Phi) is 3.51. The van der Waals surface area contributed by atoms with Crippen molar-refractivity contribution in [2.45, 2.75) is 18.6 Å². The SMILES string of the molecule is CN(C)[C@H](CC(=O)O)C(F)(F)F. The van der Waals surface area contributed by atoms with Crippen LogP contribution in [0, 0.1) is 0 Å². The Bertz CT molecular complexity index is 167. The minimum atomic E-state index is -4.48.